The molecule has 0 radical (unpaired) electrons. The fraction of sp³-hybridized carbons (Fsp3) is 1.00. The summed E-state index contributed by atoms with van der Waals surface area (Å²) in [5.74, 6) is -10.1. The van der Waals surface area contributed by atoms with Gasteiger partial charge in [-0.1, -0.05) is 12.8 Å². The van der Waals surface area contributed by atoms with E-state index in [1.54, 1.807) is 0 Å². The summed E-state index contributed by atoms with van der Waals surface area (Å²) < 4.78 is 68.5. The zero-order valence-corrected chi connectivity index (χ0v) is 8.23. The second kappa shape index (κ2) is 3.29. The van der Waals surface area contributed by atoms with Gasteiger partial charge >= 0.3 is 17.9 Å². The maximum absolute atomic E-state index is 13.5. The van der Waals surface area contributed by atoms with Gasteiger partial charge in [0.15, 0.2) is 0 Å². The molecule has 94 valence electrons. The topological polar surface area (TPSA) is 29.5 Å². The molecule has 1 aliphatic carbocycles. The smallest absolute Gasteiger partial charge is 0.354 e. The molecular formula is C9H11F5O2. The molecule has 3 unspecified atom stereocenters. The van der Waals surface area contributed by atoms with Gasteiger partial charge in [0.2, 0.25) is 0 Å². The van der Waals surface area contributed by atoms with Crippen molar-refractivity contribution in [3.05, 3.63) is 0 Å². The summed E-state index contributed by atoms with van der Waals surface area (Å²) in [6, 6.07) is 0. The second-order valence-corrected chi connectivity index (χ2v) is 4.31. The lowest BCUT2D eigenvalue weighted by atomic mass is 9.82. The highest BCUT2D eigenvalue weighted by Gasteiger charge is 2.79. The van der Waals surface area contributed by atoms with Crippen molar-refractivity contribution in [3.8, 4) is 0 Å². The molecule has 2 aliphatic rings. The normalized spacial score (nSPS) is 43.1. The number of fused-ring (bicyclic) bond motifs is 1. The zero-order valence-electron chi connectivity index (χ0n) is 8.23. The van der Waals surface area contributed by atoms with Gasteiger partial charge < -0.3 is 9.84 Å². The standard InChI is InChI=1S/C9H11F5O2/c10-7(11)5-3-1-2-4-6(5)16-8(7,15)9(12,13)14/h5-6,15H,1-4H2. The number of halogens is 5. The third-order valence-electron chi connectivity index (χ3n) is 3.33. The van der Waals surface area contributed by atoms with E-state index in [0.717, 1.165) is 0 Å². The molecule has 2 nitrogen and oxygen atoms in total. The molecule has 0 aromatic heterocycles. The molecule has 1 heterocycles. The molecule has 0 aromatic rings. The van der Waals surface area contributed by atoms with Crippen molar-refractivity contribution in [1.82, 2.24) is 0 Å². The van der Waals surface area contributed by atoms with Gasteiger partial charge in [-0.15, -0.1) is 0 Å². The fourth-order valence-corrected chi connectivity index (χ4v) is 2.46. The summed E-state index contributed by atoms with van der Waals surface area (Å²) in [6.45, 7) is 0. The summed E-state index contributed by atoms with van der Waals surface area (Å²) in [7, 11) is 0. The Hall–Kier alpha value is -0.430. The molecule has 2 rings (SSSR count). The van der Waals surface area contributed by atoms with Crippen LogP contribution in [0.4, 0.5) is 22.0 Å². The molecule has 0 amide bonds. The van der Waals surface area contributed by atoms with Crippen molar-refractivity contribution in [2.45, 2.75) is 49.7 Å². The maximum atomic E-state index is 13.5. The quantitative estimate of drug-likeness (QED) is 0.665. The zero-order chi connectivity index (χ0) is 12.2. The number of aliphatic hydroxyl groups is 1. The second-order valence-electron chi connectivity index (χ2n) is 4.31. The first kappa shape index (κ1) is 12.0. The molecule has 0 bridgehead atoms. The third-order valence-corrected chi connectivity index (χ3v) is 3.33. The van der Waals surface area contributed by atoms with Gasteiger partial charge in [-0.2, -0.15) is 22.0 Å². The minimum Gasteiger partial charge on any atom is -0.354 e. The molecular weight excluding hydrogens is 235 g/mol. The average Bonchev–Trinajstić information content (AvgIpc) is 2.36. The first-order chi connectivity index (χ1) is 7.20. The lowest BCUT2D eigenvalue weighted by molar-refractivity contribution is -0.408. The highest BCUT2D eigenvalue weighted by atomic mass is 19.4. The first-order valence-corrected chi connectivity index (χ1v) is 5.05. The van der Waals surface area contributed by atoms with E-state index >= 15 is 0 Å². The highest BCUT2D eigenvalue weighted by molar-refractivity contribution is 5.05. The Morgan fingerprint density at radius 2 is 1.69 bits per heavy atom. The van der Waals surface area contributed by atoms with Gasteiger partial charge in [-0.25, -0.2) is 0 Å². The van der Waals surface area contributed by atoms with Crippen molar-refractivity contribution < 1.29 is 31.8 Å². The van der Waals surface area contributed by atoms with Crippen molar-refractivity contribution in [2.24, 2.45) is 5.92 Å². The molecule has 7 heteroatoms. The van der Waals surface area contributed by atoms with E-state index in [-0.39, 0.29) is 12.8 Å². The number of hydrogen-bond acceptors (Lipinski definition) is 2. The minimum atomic E-state index is -5.48. The molecule has 1 saturated heterocycles. The largest absolute Gasteiger partial charge is 0.449 e. The predicted octanol–water partition coefficient (Wildman–Crippen LogP) is 2.46. The summed E-state index contributed by atoms with van der Waals surface area (Å²) in [5.41, 5.74) is 0. The van der Waals surface area contributed by atoms with E-state index < -0.39 is 29.9 Å². The molecule has 0 spiro atoms. The van der Waals surface area contributed by atoms with Crippen molar-refractivity contribution in [3.63, 3.8) is 0 Å². The van der Waals surface area contributed by atoms with Crippen LogP contribution in [-0.2, 0) is 4.74 Å². The van der Waals surface area contributed by atoms with E-state index in [1.807, 2.05) is 0 Å². The van der Waals surface area contributed by atoms with Crippen LogP contribution in [0.3, 0.4) is 0 Å². The van der Waals surface area contributed by atoms with E-state index in [0.29, 0.717) is 12.8 Å². The van der Waals surface area contributed by atoms with Crippen LogP contribution in [0, 0.1) is 5.92 Å². The summed E-state index contributed by atoms with van der Waals surface area (Å²) in [5, 5.41) is 9.09. The van der Waals surface area contributed by atoms with E-state index in [1.165, 1.54) is 0 Å². The summed E-state index contributed by atoms with van der Waals surface area (Å²) >= 11 is 0. The van der Waals surface area contributed by atoms with Crippen molar-refractivity contribution in [2.75, 3.05) is 0 Å². The van der Waals surface area contributed by atoms with Crippen LogP contribution in [-0.4, -0.2) is 29.1 Å². The van der Waals surface area contributed by atoms with Gasteiger partial charge in [-0.3, -0.25) is 0 Å². The predicted molar refractivity (Wildman–Crippen MR) is 42.8 cm³/mol. The number of hydrogen-bond donors (Lipinski definition) is 1. The lowest BCUT2D eigenvalue weighted by Gasteiger charge is -2.31. The Labute approximate surface area is 88.4 Å². The van der Waals surface area contributed by atoms with Crippen LogP contribution >= 0.6 is 0 Å². The Morgan fingerprint density at radius 1 is 1.12 bits per heavy atom. The summed E-state index contributed by atoms with van der Waals surface area (Å²) in [6.07, 6.45) is -5.60. The maximum Gasteiger partial charge on any atom is 0.449 e. The fourth-order valence-electron chi connectivity index (χ4n) is 2.46. The molecule has 1 saturated carbocycles. The number of ether oxygens (including phenoxy) is 1. The van der Waals surface area contributed by atoms with Crippen LogP contribution in [0.5, 0.6) is 0 Å². The lowest BCUT2D eigenvalue weighted by Crippen LogP contribution is -2.58. The first-order valence-electron chi connectivity index (χ1n) is 5.05. The van der Waals surface area contributed by atoms with Crippen LogP contribution in [0.15, 0.2) is 0 Å². The van der Waals surface area contributed by atoms with Crippen molar-refractivity contribution >= 4 is 0 Å². The Balaban J connectivity index is 2.36. The molecule has 1 N–H and O–H groups in total. The number of rotatable bonds is 0. The van der Waals surface area contributed by atoms with Crippen LogP contribution in [0.25, 0.3) is 0 Å². The van der Waals surface area contributed by atoms with Crippen LogP contribution < -0.4 is 0 Å². The summed E-state index contributed by atoms with van der Waals surface area (Å²) in [4.78, 5) is 0. The SMILES string of the molecule is OC1(C(F)(F)F)OC2CCCCC2C1(F)F. The van der Waals surface area contributed by atoms with Gasteiger partial charge in [0, 0.05) is 0 Å². The van der Waals surface area contributed by atoms with Gasteiger partial charge in [-0.05, 0) is 12.8 Å². The minimum absolute atomic E-state index is 0.0456. The molecule has 1 aliphatic heterocycles. The van der Waals surface area contributed by atoms with Gasteiger partial charge in [0.05, 0.1) is 12.0 Å². The van der Waals surface area contributed by atoms with Crippen LogP contribution in [0.1, 0.15) is 25.7 Å². The van der Waals surface area contributed by atoms with Crippen LogP contribution in [0.2, 0.25) is 0 Å². The molecule has 3 atom stereocenters. The highest BCUT2D eigenvalue weighted by Crippen LogP contribution is 2.57. The Bertz CT molecular complexity index is 290. The molecule has 2 fully saturated rings. The van der Waals surface area contributed by atoms with Gasteiger partial charge in [0.1, 0.15) is 0 Å². The Kier molecular flexibility index (Phi) is 2.47. The number of alkyl halides is 5. The molecule has 0 aromatic carbocycles. The van der Waals surface area contributed by atoms with E-state index in [4.69, 9.17) is 5.11 Å². The van der Waals surface area contributed by atoms with E-state index in [2.05, 4.69) is 4.74 Å². The monoisotopic (exact) mass is 246 g/mol. The van der Waals surface area contributed by atoms with E-state index in [9.17, 15) is 22.0 Å². The Morgan fingerprint density at radius 3 is 2.19 bits per heavy atom. The average molecular weight is 246 g/mol. The third kappa shape index (κ3) is 1.37. The molecule has 16 heavy (non-hydrogen) atoms. The van der Waals surface area contributed by atoms with Gasteiger partial charge in [0.25, 0.3) is 0 Å². The van der Waals surface area contributed by atoms with Crippen molar-refractivity contribution in [1.29, 1.82) is 0 Å².